The second-order valence-electron chi connectivity index (χ2n) is 6.72. The van der Waals surface area contributed by atoms with Gasteiger partial charge in [-0.1, -0.05) is 0 Å². The highest BCUT2D eigenvalue weighted by atomic mass is 19.4. The van der Waals surface area contributed by atoms with Crippen molar-refractivity contribution in [2.24, 2.45) is 5.92 Å². The van der Waals surface area contributed by atoms with Crippen molar-refractivity contribution in [1.82, 2.24) is 4.90 Å². The third-order valence-corrected chi connectivity index (χ3v) is 4.35. The van der Waals surface area contributed by atoms with Gasteiger partial charge in [0.1, 0.15) is 0 Å². The summed E-state index contributed by atoms with van der Waals surface area (Å²) in [5.74, 6) is -0.821. The van der Waals surface area contributed by atoms with E-state index in [0.29, 0.717) is 6.42 Å². The van der Waals surface area contributed by atoms with E-state index in [9.17, 15) is 26.3 Å². The molecule has 0 spiro atoms. The van der Waals surface area contributed by atoms with Crippen molar-refractivity contribution in [3.8, 4) is 0 Å². The molecule has 1 unspecified atom stereocenters. The van der Waals surface area contributed by atoms with Crippen molar-refractivity contribution in [1.29, 1.82) is 0 Å². The smallest absolute Gasteiger partial charge is 0.284 e. The van der Waals surface area contributed by atoms with Crippen LogP contribution in [0.25, 0.3) is 0 Å². The van der Waals surface area contributed by atoms with Crippen LogP contribution in [0, 0.1) is 5.92 Å². The summed E-state index contributed by atoms with van der Waals surface area (Å²) < 4.78 is 76.0. The third kappa shape index (κ3) is 4.27. The molecule has 1 nitrogen and oxygen atoms in total. The van der Waals surface area contributed by atoms with Gasteiger partial charge in [0.05, 0.1) is 6.54 Å². The first-order valence-electron chi connectivity index (χ1n) is 6.56. The average molecular weight is 305 g/mol. The lowest BCUT2D eigenvalue weighted by Gasteiger charge is -2.57. The van der Waals surface area contributed by atoms with Gasteiger partial charge in [-0.3, -0.25) is 4.90 Å². The van der Waals surface area contributed by atoms with E-state index < -0.39 is 42.3 Å². The minimum absolute atomic E-state index is 0.286. The second kappa shape index (κ2) is 5.07. The van der Waals surface area contributed by atoms with Gasteiger partial charge < -0.3 is 0 Å². The molecule has 0 amide bonds. The zero-order valence-corrected chi connectivity index (χ0v) is 12.1. The number of halogens is 6. The largest absolute Gasteiger partial charge is 0.401 e. The summed E-state index contributed by atoms with van der Waals surface area (Å²) >= 11 is 0. The number of hydrogen-bond donors (Lipinski definition) is 0. The highest BCUT2D eigenvalue weighted by molar-refractivity contribution is 5.02. The van der Waals surface area contributed by atoms with E-state index in [1.54, 1.807) is 13.8 Å². The summed E-state index contributed by atoms with van der Waals surface area (Å²) in [6.45, 7) is 5.10. The molecule has 0 bridgehead atoms. The van der Waals surface area contributed by atoms with Crippen LogP contribution in [-0.4, -0.2) is 34.9 Å². The maximum Gasteiger partial charge on any atom is 0.401 e. The van der Waals surface area contributed by atoms with E-state index in [4.69, 9.17) is 0 Å². The number of alkyl halides is 6. The van der Waals surface area contributed by atoms with Gasteiger partial charge in [0.2, 0.25) is 0 Å². The monoisotopic (exact) mass is 305 g/mol. The van der Waals surface area contributed by atoms with Gasteiger partial charge in [-0.25, -0.2) is 0 Å². The number of nitrogens with zero attached hydrogens (tertiary/aromatic N) is 1. The molecule has 0 aromatic carbocycles. The summed E-state index contributed by atoms with van der Waals surface area (Å²) in [6, 6.07) is 0. The van der Waals surface area contributed by atoms with Gasteiger partial charge in [-0.15, -0.1) is 0 Å². The Hall–Kier alpha value is -0.460. The lowest BCUT2D eigenvalue weighted by atomic mass is 9.71. The summed E-state index contributed by atoms with van der Waals surface area (Å²) in [4.78, 5) is 1.18. The molecule has 20 heavy (non-hydrogen) atoms. The van der Waals surface area contributed by atoms with Crippen LogP contribution < -0.4 is 0 Å². The van der Waals surface area contributed by atoms with Gasteiger partial charge in [-0.05, 0) is 46.5 Å². The molecule has 1 aliphatic heterocycles. The topological polar surface area (TPSA) is 3.24 Å². The Morgan fingerprint density at radius 1 is 0.950 bits per heavy atom. The van der Waals surface area contributed by atoms with Crippen LogP contribution in [0.4, 0.5) is 26.3 Å². The van der Waals surface area contributed by atoms with E-state index in [0.717, 1.165) is 0 Å². The lowest BCUT2D eigenvalue weighted by Crippen LogP contribution is -2.64. The zero-order chi connectivity index (χ0) is 16.0. The van der Waals surface area contributed by atoms with E-state index in [2.05, 4.69) is 0 Å². The van der Waals surface area contributed by atoms with Crippen LogP contribution in [0.15, 0.2) is 0 Å². The van der Waals surface area contributed by atoms with Crippen molar-refractivity contribution in [2.75, 3.05) is 6.54 Å². The van der Waals surface area contributed by atoms with Crippen LogP contribution in [0.1, 0.15) is 47.0 Å². The molecule has 0 radical (unpaired) electrons. The van der Waals surface area contributed by atoms with Gasteiger partial charge in [-0.2, -0.15) is 26.3 Å². The maximum atomic E-state index is 12.7. The van der Waals surface area contributed by atoms with Crippen molar-refractivity contribution in [3.05, 3.63) is 0 Å². The first kappa shape index (κ1) is 17.6. The molecule has 0 aliphatic carbocycles. The first-order valence-corrected chi connectivity index (χ1v) is 6.56. The second-order valence-corrected chi connectivity index (χ2v) is 6.72. The highest BCUT2D eigenvalue weighted by Crippen LogP contribution is 2.47. The quantitative estimate of drug-likeness (QED) is 0.664. The molecule has 0 N–H and O–H groups in total. The number of likely N-dealkylation sites (tertiary alicyclic amines) is 1. The zero-order valence-electron chi connectivity index (χ0n) is 12.1. The Kier molecular flexibility index (Phi) is 4.46. The Bertz CT molecular complexity index is 342. The molecule has 7 heteroatoms. The fourth-order valence-corrected chi connectivity index (χ4v) is 3.24. The minimum atomic E-state index is -4.42. The number of piperidine rings is 1. The SMILES string of the molecule is CC1(C)CCC(CC(F)(F)F)C(C)(C)N1CC(F)(F)F. The van der Waals surface area contributed by atoms with Crippen molar-refractivity contribution in [2.45, 2.75) is 70.4 Å². The Morgan fingerprint density at radius 2 is 1.45 bits per heavy atom. The molecule has 1 saturated heterocycles. The molecule has 1 heterocycles. The molecule has 1 rings (SSSR count). The molecule has 1 aliphatic rings. The summed E-state index contributed by atoms with van der Waals surface area (Å²) in [5, 5.41) is 0. The normalized spacial score (nSPS) is 27.6. The van der Waals surface area contributed by atoms with Crippen molar-refractivity contribution >= 4 is 0 Å². The molecule has 120 valence electrons. The van der Waals surface area contributed by atoms with E-state index in [-0.39, 0.29) is 6.42 Å². The van der Waals surface area contributed by atoms with Gasteiger partial charge in [0.25, 0.3) is 0 Å². The number of rotatable bonds is 2. The standard InChI is InChI=1S/C13H21F6N/c1-10(2)6-5-9(7-12(14,15)16)11(3,4)20(10)8-13(17,18)19/h9H,5-8H2,1-4H3. The molecule has 0 aromatic heterocycles. The van der Waals surface area contributed by atoms with Crippen molar-refractivity contribution < 1.29 is 26.3 Å². The molecule has 1 fully saturated rings. The highest BCUT2D eigenvalue weighted by Gasteiger charge is 2.52. The van der Waals surface area contributed by atoms with Gasteiger partial charge in [0, 0.05) is 17.5 Å². The molecular formula is C13H21F6N. The molecule has 0 aromatic rings. The molecular weight excluding hydrogens is 284 g/mol. The fraction of sp³-hybridized carbons (Fsp3) is 1.00. The predicted octanol–water partition coefficient (Wildman–Crippen LogP) is 4.77. The summed E-state index contributed by atoms with van der Waals surface area (Å²) in [6.07, 6.45) is -9.20. The van der Waals surface area contributed by atoms with Crippen LogP contribution in [0.5, 0.6) is 0 Å². The van der Waals surface area contributed by atoms with E-state index in [1.807, 2.05) is 0 Å². The fourth-order valence-electron chi connectivity index (χ4n) is 3.24. The molecule has 1 atom stereocenters. The Morgan fingerprint density at radius 3 is 1.85 bits per heavy atom. The molecule has 0 saturated carbocycles. The minimum Gasteiger partial charge on any atom is -0.284 e. The predicted molar refractivity (Wildman–Crippen MR) is 64.3 cm³/mol. The van der Waals surface area contributed by atoms with Crippen molar-refractivity contribution in [3.63, 3.8) is 0 Å². The summed E-state index contributed by atoms with van der Waals surface area (Å²) in [7, 11) is 0. The van der Waals surface area contributed by atoms with Crippen LogP contribution in [-0.2, 0) is 0 Å². The third-order valence-electron chi connectivity index (χ3n) is 4.35. The van der Waals surface area contributed by atoms with Crippen LogP contribution >= 0.6 is 0 Å². The first-order chi connectivity index (χ1) is 8.65. The number of hydrogen-bond acceptors (Lipinski definition) is 1. The summed E-state index contributed by atoms with van der Waals surface area (Å²) in [5.41, 5.74) is -1.91. The van der Waals surface area contributed by atoms with E-state index in [1.165, 1.54) is 18.7 Å². The van der Waals surface area contributed by atoms with Crippen LogP contribution in [0.3, 0.4) is 0 Å². The Balaban J connectivity index is 3.03. The van der Waals surface area contributed by atoms with E-state index >= 15 is 0 Å². The van der Waals surface area contributed by atoms with Gasteiger partial charge in [0.15, 0.2) is 0 Å². The van der Waals surface area contributed by atoms with Gasteiger partial charge >= 0.3 is 12.4 Å². The van der Waals surface area contributed by atoms with Crippen LogP contribution in [0.2, 0.25) is 0 Å². The maximum absolute atomic E-state index is 12.7. The average Bonchev–Trinajstić information content (AvgIpc) is 2.15. The lowest BCUT2D eigenvalue weighted by molar-refractivity contribution is -0.205. The Labute approximate surface area is 115 Å².